The SMILES string of the molecule is O=S1(=O)CCCC(Nc2ccccc2CO)C1. The Labute approximate surface area is 102 Å². The molecule has 94 valence electrons. The lowest BCUT2D eigenvalue weighted by Gasteiger charge is -2.25. The number of rotatable bonds is 3. The van der Waals surface area contributed by atoms with E-state index in [1.54, 1.807) is 0 Å². The molecule has 1 saturated heterocycles. The van der Waals surface area contributed by atoms with E-state index < -0.39 is 9.84 Å². The Morgan fingerprint density at radius 3 is 2.82 bits per heavy atom. The minimum atomic E-state index is -2.90. The number of nitrogens with one attached hydrogen (secondary N) is 1. The van der Waals surface area contributed by atoms with E-state index in [-0.39, 0.29) is 18.4 Å². The van der Waals surface area contributed by atoms with E-state index in [2.05, 4.69) is 5.32 Å². The molecule has 0 bridgehead atoms. The third-order valence-corrected chi connectivity index (χ3v) is 4.83. The normalized spacial score (nSPS) is 23.2. The quantitative estimate of drug-likeness (QED) is 0.851. The van der Waals surface area contributed by atoms with Gasteiger partial charge in [-0.1, -0.05) is 18.2 Å². The lowest BCUT2D eigenvalue weighted by atomic mass is 10.1. The maximum atomic E-state index is 11.5. The molecule has 1 aromatic rings. The lowest BCUT2D eigenvalue weighted by molar-refractivity contribution is 0.282. The molecule has 2 rings (SSSR count). The Morgan fingerprint density at radius 1 is 1.35 bits per heavy atom. The van der Waals surface area contributed by atoms with Gasteiger partial charge in [0.05, 0.1) is 18.1 Å². The minimum Gasteiger partial charge on any atom is -0.392 e. The van der Waals surface area contributed by atoms with Crippen molar-refractivity contribution in [2.45, 2.75) is 25.5 Å². The second-order valence-electron chi connectivity index (χ2n) is 4.41. The smallest absolute Gasteiger partial charge is 0.152 e. The fraction of sp³-hybridized carbons (Fsp3) is 0.500. The van der Waals surface area contributed by atoms with Crippen molar-refractivity contribution in [2.75, 3.05) is 16.8 Å². The Bertz CT molecular complexity index is 484. The predicted molar refractivity (Wildman–Crippen MR) is 67.7 cm³/mol. The number of aliphatic hydroxyl groups is 1. The van der Waals surface area contributed by atoms with E-state index in [1.807, 2.05) is 24.3 Å². The van der Waals surface area contributed by atoms with Crippen molar-refractivity contribution in [3.63, 3.8) is 0 Å². The van der Waals surface area contributed by atoms with E-state index in [9.17, 15) is 13.5 Å². The number of benzene rings is 1. The highest BCUT2D eigenvalue weighted by atomic mass is 32.2. The van der Waals surface area contributed by atoms with E-state index in [0.717, 1.165) is 17.7 Å². The summed E-state index contributed by atoms with van der Waals surface area (Å²) in [4.78, 5) is 0. The van der Waals surface area contributed by atoms with Gasteiger partial charge in [-0.05, 0) is 18.9 Å². The largest absolute Gasteiger partial charge is 0.392 e. The molecule has 0 amide bonds. The van der Waals surface area contributed by atoms with Gasteiger partial charge in [0.25, 0.3) is 0 Å². The highest BCUT2D eigenvalue weighted by Gasteiger charge is 2.24. The van der Waals surface area contributed by atoms with E-state index in [4.69, 9.17) is 0 Å². The molecule has 1 aliphatic rings. The van der Waals surface area contributed by atoms with Crippen LogP contribution in [0.25, 0.3) is 0 Å². The van der Waals surface area contributed by atoms with Gasteiger partial charge in [0.2, 0.25) is 0 Å². The zero-order valence-corrected chi connectivity index (χ0v) is 10.4. The van der Waals surface area contributed by atoms with Crippen molar-refractivity contribution >= 4 is 15.5 Å². The van der Waals surface area contributed by atoms with Gasteiger partial charge in [-0.2, -0.15) is 0 Å². The summed E-state index contributed by atoms with van der Waals surface area (Å²) in [6.45, 7) is -0.0390. The lowest BCUT2D eigenvalue weighted by Crippen LogP contribution is -2.35. The molecule has 0 aromatic heterocycles. The number of hydrogen-bond donors (Lipinski definition) is 2. The van der Waals surface area contributed by atoms with Crippen LogP contribution < -0.4 is 5.32 Å². The van der Waals surface area contributed by atoms with Crippen LogP contribution in [0, 0.1) is 0 Å². The van der Waals surface area contributed by atoms with E-state index >= 15 is 0 Å². The Kier molecular flexibility index (Phi) is 3.69. The fourth-order valence-electron chi connectivity index (χ4n) is 2.16. The maximum absolute atomic E-state index is 11.5. The minimum absolute atomic E-state index is 0.0390. The number of para-hydroxylation sites is 1. The highest BCUT2D eigenvalue weighted by molar-refractivity contribution is 7.91. The first kappa shape index (κ1) is 12.4. The highest BCUT2D eigenvalue weighted by Crippen LogP contribution is 2.20. The van der Waals surface area contributed by atoms with Crippen molar-refractivity contribution in [3.05, 3.63) is 29.8 Å². The summed E-state index contributed by atoms with van der Waals surface area (Å²) < 4.78 is 23.0. The number of aliphatic hydroxyl groups excluding tert-OH is 1. The molecule has 1 aliphatic heterocycles. The second-order valence-corrected chi connectivity index (χ2v) is 6.64. The van der Waals surface area contributed by atoms with Crippen molar-refractivity contribution < 1.29 is 13.5 Å². The van der Waals surface area contributed by atoms with E-state index in [1.165, 1.54) is 0 Å². The molecular formula is C12H17NO3S. The van der Waals surface area contributed by atoms with Crippen LogP contribution in [0.4, 0.5) is 5.69 Å². The van der Waals surface area contributed by atoms with Crippen LogP contribution in [0.3, 0.4) is 0 Å². The topological polar surface area (TPSA) is 66.4 Å². The molecule has 0 aliphatic carbocycles. The third kappa shape index (κ3) is 3.20. The number of anilines is 1. The van der Waals surface area contributed by atoms with Crippen LogP contribution in [0.5, 0.6) is 0 Å². The van der Waals surface area contributed by atoms with Crippen molar-refractivity contribution in [1.82, 2.24) is 0 Å². The van der Waals surface area contributed by atoms with Crippen molar-refractivity contribution in [1.29, 1.82) is 0 Å². The summed E-state index contributed by atoms with van der Waals surface area (Å²) in [5.41, 5.74) is 1.63. The number of hydrogen-bond acceptors (Lipinski definition) is 4. The summed E-state index contributed by atoms with van der Waals surface area (Å²) in [6.07, 6.45) is 1.57. The molecule has 5 heteroatoms. The molecule has 0 spiro atoms. The standard InChI is InChI=1S/C12H17NO3S/c14-8-10-4-1-2-6-12(10)13-11-5-3-7-17(15,16)9-11/h1-2,4,6,11,13-14H,3,5,7-9H2. The zero-order chi connectivity index (χ0) is 12.3. The Morgan fingerprint density at radius 2 is 2.12 bits per heavy atom. The van der Waals surface area contributed by atoms with Gasteiger partial charge in [0, 0.05) is 17.3 Å². The molecule has 0 radical (unpaired) electrons. The van der Waals surface area contributed by atoms with Gasteiger partial charge in [-0.15, -0.1) is 0 Å². The van der Waals surface area contributed by atoms with E-state index in [0.29, 0.717) is 12.2 Å². The fourth-order valence-corrected chi connectivity index (χ4v) is 3.79. The third-order valence-electron chi connectivity index (χ3n) is 3.01. The van der Waals surface area contributed by atoms with Crippen LogP contribution in [0.2, 0.25) is 0 Å². The summed E-state index contributed by atoms with van der Waals surface area (Å²) in [5.74, 6) is 0.486. The van der Waals surface area contributed by atoms with Gasteiger partial charge in [-0.25, -0.2) is 8.42 Å². The molecule has 0 saturated carbocycles. The molecule has 1 unspecified atom stereocenters. The maximum Gasteiger partial charge on any atom is 0.152 e. The molecular weight excluding hydrogens is 238 g/mol. The van der Waals surface area contributed by atoms with Gasteiger partial charge >= 0.3 is 0 Å². The zero-order valence-electron chi connectivity index (χ0n) is 9.59. The van der Waals surface area contributed by atoms with Crippen LogP contribution in [-0.2, 0) is 16.4 Å². The molecule has 1 fully saturated rings. The summed E-state index contributed by atoms with van der Waals surface area (Å²) in [5, 5.41) is 12.4. The van der Waals surface area contributed by atoms with Gasteiger partial charge < -0.3 is 10.4 Å². The van der Waals surface area contributed by atoms with Crippen LogP contribution in [0.1, 0.15) is 18.4 Å². The second kappa shape index (κ2) is 5.06. The van der Waals surface area contributed by atoms with Gasteiger partial charge in [0.15, 0.2) is 9.84 Å². The van der Waals surface area contributed by atoms with Crippen molar-refractivity contribution in [2.24, 2.45) is 0 Å². The predicted octanol–water partition coefficient (Wildman–Crippen LogP) is 1.17. The first-order chi connectivity index (χ1) is 8.11. The summed E-state index contributed by atoms with van der Waals surface area (Å²) in [6, 6.07) is 7.39. The summed E-state index contributed by atoms with van der Waals surface area (Å²) >= 11 is 0. The van der Waals surface area contributed by atoms with Crippen LogP contribution in [-0.4, -0.2) is 31.1 Å². The van der Waals surface area contributed by atoms with Crippen molar-refractivity contribution in [3.8, 4) is 0 Å². The Balaban J connectivity index is 2.10. The molecule has 1 aromatic carbocycles. The number of sulfone groups is 1. The Hall–Kier alpha value is -1.07. The van der Waals surface area contributed by atoms with Crippen LogP contribution in [0.15, 0.2) is 24.3 Å². The molecule has 17 heavy (non-hydrogen) atoms. The van der Waals surface area contributed by atoms with Crippen LogP contribution >= 0.6 is 0 Å². The summed E-state index contributed by atoms with van der Waals surface area (Å²) in [7, 11) is -2.90. The monoisotopic (exact) mass is 255 g/mol. The molecule has 2 N–H and O–H groups in total. The molecule has 4 nitrogen and oxygen atoms in total. The first-order valence-electron chi connectivity index (χ1n) is 5.76. The average molecular weight is 255 g/mol. The first-order valence-corrected chi connectivity index (χ1v) is 7.58. The van der Waals surface area contributed by atoms with Gasteiger partial charge in [0.1, 0.15) is 0 Å². The van der Waals surface area contributed by atoms with Gasteiger partial charge in [-0.3, -0.25) is 0 Å². The molecule has 1 heterocycles. The molecule has 1 atom stereocenters. The average Bonchev–Trinajstić information content (AvgIpc) is 2.28.